The average molecular weight is 861 g/mol. The van der Waals surface area contributed by atoms with Crippen molar-refractivity contribution in [1.82, 2.24) is 15.1 Å². The fraction of sp³-hybridized carbons (Fsp3) is 0.902. The van der Waals surface area contributed by atoms with Gasteiger partial charge in [-0.25, -0.2) is 4.79 Å². The van der Waals surface area contributed by atoms with Crippen molar-refractivity contribution in [2.45, 2.75) is 265 Å². The van der Waals surface area contributed by atoms with Gasteiger partial charge in [-0.05, 0) is 96.7 Å². The lowest BCUT2D eigenvalue weighted by atomic mass is 10.0. The summed E-state index contributed by atoms with van der Waals surface area (Å²) in [6.45, 7) is 12.4. The van der Waals surface area contributed by atoms with Gasteiger partial charge in [0, 0.05) is 26.4 Å². The normalized spacial score (nSPS) is 13.4. The van der Waals surface area contributed by atoms with Gasteiger partial charge >= 0.3 is 18.0 Å². The van der Waals surface area contributed by atoms with Crippen LogP contribution in [-0.2, 0) is 23.9 Å². The Hall–Kier alpha value is -2.49. The Labute approximate surface area is 375 Å². The number of amides is 3. The van der Waals surface area contributed by atoms with Crippen LogP contribution in [0, 0.1) is 0 Å². The summed E-state index contributed by atoms with van der Waals surface area (Å²) in [4.78, 5) is 56.7. The molecule has 0 aromatic carbocycles. The van der Waals surface area contributed by atoms with Gasteiger partial charge in [-0.15, -0.1) is 0 Å². The van der Waals surface area contributed by atoms with E-state index in [2.05, 4.69) is 42.9 Å². The zero-order chi connectivity index (χ0) is 44.6. The van der Waals surface area contributed by atoms with Gasteiger partial charge in [0.25, 0.3) is 5.91 Å². The SMILES string of the molecule is CCCCCCCCC(CC)OC(=O)CCCCCCCN(CCCCCCCC(=O)OC(CCCCCCCC)CCCCCCCC)CCCNC1=NC(=O)N(C)C1=O. The summed E-state index contributed by atoms with van der Waals surface area (Å²) >= 11 is 0. The second-order valence-electron chi connectivity index (χ2n) is 18.1. The van der Waals surface area contributed by atoms with Gasteiger partial charge in [-0.3, -0.25) is 19.3 Å². The number of ether oxygens (including phenoxy) is 2. The molecule has 0 radical (unpaired) electrons. The molecule has 1 aliphatic rings. The number of hydrogen-bond donors (Lipinski definition) is 1. The predicted octanol–water partition coefficient (Wildman–Crippen LogP) is 13.4. The maximum Gasteiger partial charge on any atom is 0.352 e. The number of unbranched alkanes of at least 4 members (excludes halogenated alkanes) is 23. The van der Waals surface area contributed by atoms with E-state index >= 15 is 0 Å². The first-order valence-corrected chi connectivity index (χ1v) is 26.0. The highest BCUT2D eigenvalue weighted by atomic mass is 16.5. The van der Waals surface area contributed by atoms with Crippen LogP contribution in [0.1, 0.15) is 252 Å². The Morgan fingerprint density at radius 2 is 0.902 bits per heavy atom. The highest BCUT2D eigenvalue weighted by Crippen LogP contribution is 2.19. The Balaban J connectivity index is 2.40. The molecule has 1 N–H and O–H groups in total. The Morgan fingerprint density at radius 1 is 0.525 bits per heavy atom. The standard InChI is InChI=1S/C51H96N4O6/c1-6-10-13-16-21-28-36-45(9-4)60-47(56)39-31-24-19-26-33-42-55(44-35-41-52-49-50(58)54(5)51(59)53-49)43-34-27-20-25-32-40-48(57)61-46(37-29-22-17-14-11-7-2)38-30-23-18-15-12-8-3/h45-46H,6-44H2,1-5H3,(H,52,53,59). The van der Waals surface area contributed by atoms with Crippen LogP contribution in [0.15, 0.2) is 4.99 Å². The molecule has 0 saturated carbocycles. The van der Waals surface area contributed by atoms with Crippen LogP contribution in [0.2, 0.25) is 0 Å². The van der Waals surface area contributed by atoms with Crippen molar-refractivity contribution in [3.8, 4) is 0 Å². The van der Waals surface area contributed by atoms with Gasteiger partial charge < -0.3 is 19.7 Å². The molecule has 61 heavy (non-hydrogen) atoms. The first kappa shape index (κ1) is 56.5. The maximum atomic E-state index is 12.9. The molecule has 0 aliphatic carbocycles. The number of imide groups is 1. The number of nitrogens with zero attached hydrogens (tertiary/aromatic N) is 3. The molecular formula is C51H96N4O6. The van der Waals surface area contributed by atoms with Crippen LogP contribution < -0.4 is 5.32 Å². The van der Waals surface area contributed by atoms with E-state index in [1.54, 1.807) is 0 Å². The number of esters is 2. The summed E-state index contributed by atoms with van der Waals surface area (Å²) < 4.78 is 11.9. The minimum absolute atomic E-state index is 0.00750. The molecule has 10 nitrogen and oxygen atoms in total. The number of urea groups is 1. The van der Waals surface area contributed by atoms with E-state index in [1.165, 1.54) is 103 Å². The number of carbonyl (C=O) groups is 4. The number of nitrogens with one attached hydrogen (secondary N) is 1. The fourth-order valence-corrected chi connectivity index (χ4v) is 8.25. The van der Waals surface area contributed by atoms with Crippen molar-refractivity contribution in [3.05, 3.63) is 0 Å². The molecule has 10 heteroatoms. The van der Waals surface area contributed by atoms with E-state index in [4.69, 9.17) is 9.47 Å². The first-order valence-electron chi connectivity index (χ1n) is 26.0. The summed E-state index contributed by atoms with van der Waals surface area (Å²) in [5, 5.41) is 3.07. The fourth-order valence-electron chi connectivity index (χ4n) is 8.25. The predicted molar refractivity (Wildman–Crippen MR) is 254 cm³/mol. The maximum absolute atomic E-state index is 12.9. The van der Waals surface area contributed by atoms with Crippen molar-refractivity contribution < 1.29 is 28.7 Å². The molecule has 0 aromatic rings. The van der Waals surface area contributed by atoms with E-state index in [0.29, 0.717) is 19.4 Å². The minimum atomic E-state index is -0.521. The summed E-state index contributed by atoms with van der Waals surface area (Å²) in [5.74, 6) is -0.277. The van der Waals surface area contributed by atoms with Crippen molar-refractivity contribution in [3.63, 3.8) is 0 Å². The van der Waals surface area contributed by atoms with Gasteiger partial charge in [-0.1, -0.05) is 163 Å². The summed E-state index contributed by atoms with van der Waals surface area (Å²) in [6.07, 6.45) is 39.3. The monoisotopic (exact) mass is 861 g/mol. The number of rotatable bonds is 44. The molecule has 0 aromatic heterocycles. The van der Waals surface area contributed by atoms with E-state index in [0.717, 1.165) is 140 Å². The molecule has 356 valence electrons. The molecule has 1 aliphatic heterocycles. The number of carbonyl (C=O) groups excluding carboxylic acids is 4. The van der Waals surface area contributed by atoms with Crippen LogP contribution in [0.25, 0.3) is 0 Å². The van der Waals surface area contributed by atoms with Crippen LogP contribution in [0.3, 0.4) is 0 Å². The van der Waals surface area contributed by atoms with Gasteiger partial charge in [0.1, 0.15) is 12.2 Å². The molecule has 1 atom stereocenters. The molecule has 0 saturated heterocycles. The van der Waals surface area contributed by atoms with Gasteiger partial charge in [0.2, 0.25) is 0 Å². The largest absolute Gasteiger partial charge is 0.462 e. The van der Waals surface area contributed by atoms with E-state index in [9.17, 15) is 19.2 Å². The Morgan fingerprint density at radius 3 is 1.33 bits per heavy atom. The number of likely N-dealkylation sites (N-methyl/N-ethyl adjacent to an activating group) is 1. The van der Waals surface area contributed by atoms with Gasteiger partial charge in [0.05, 0.1) is 0 Å². The quantitative estimate of drug-likeness (QED) is 0.0475. The average Bonchev–Trinajstić information content (AvgIpc) is 3.50. The second-order valence-corrected chi connectivity index (χ2v) is 18.1. The zero-order valence-corrected chi connectivity index (χ0v) is 40.5. The summed E-state index contributed by atoms with van der Waals surface area (Å²) in [6, 6.07) is -0.521. The number of hydrogen-bond acceptors (Lipinski definition) is 8. The van der Waals surface area contributed by atoms with Gasteiger partial charge in [-0.2, -0.15) is 4.99 Å². The Bertz CT molecular complexity index is 1120. The van der Waals surface area contributed by atoms with Crippen molar-refractivity contribution in [1.29, 1.82) is 0 Å². The molecule has 1 rings (SSSR count). The molecule has 0 bridgehead atoms. The van der Waals surface area contributed by atoms with Crippen LogP contribution >= 0.6 is 0 Å². The van der Waals surface area contributed by atoms with E-state index in [-0.39, 0.29) is 35.9 Å². The Kier molecular flexibility index (Phi) is 37.3. The van der Waals surface area contributed by atoms with E-state index < -0.39 is 6.03 Å². The lowest BCUT2D eigenvalue weighted by Crippen LogP contribution is -2.37. The van der Waals surface area contributed by atoms with Crippen molar-refractivity contribution in [2.24, 2.45) is 4.99 Å². The molecule has 3 amide bonds. The highest BCUT2D eigenvalue weighted by molar-refractivity contribution is 6.45. The van der Waals surface area contributed by atoms with Crippen LogP contribution in [0.4, 0.5) is 4.79 Å². The third-order valence-electron chi connectivity index (χ3n) is 12.3. The zero-order valence-electron chi connectivity index (χ0n) is 40.5. The lowest BCUT2D eigenvalue weighted by molar-refractivity contribution is -0.150. The molecule has 0 spiro atoms. The van der Waals surface area contributed by atoms with Crippen LogP contribution in [-0.4, -0.2) is 84.9 Å². The van der Waals surface area contributed by atoms with Crippen molar-refractivity contribution >= 4 is 29.7 Å². The topological polar surface area (TPSA) is 118 Å². The lowest BCUT2D eigenvalue weighted by Gasteiger charge is -2.22. The van der Waals surface area contributed by atoms with Crippen LogP contribution in [0.5, 0.6) is 0 Å². The number of aliphatic imine (C=N–C) groups is 1. The number of amidine groups is 1. The van der Waals surface area contributed by atoms with Gasteiger partial charge in [0.15, 0.2) is 5.84 Å². The first-order chi connectivity index (χ1) is 29.7. The molecule has 0 fully saturated rings. The van der Waals surface area contributed by atoms with E-state index in [1.807, 2.05) is 0 Å². The molecule has 1 unspecified atom stereocenters. The molecule has 1 heterocycles. The van der Waals surface area contributed by atoms with Crippen molar-refractivity contribution in [2.75, 3.05) is 33.2 Å². The smallest absolute Gasteiger partial charge is 0.352 e. The third kappa shape index (κ3) is 31.9. The second kappa shape index (κ2) is 40.3. The summed E-state index contributed by atoms with van der Waals surface area (Å²) in [7, 11) is 1.45. The highest BCUT2D eigenvalue weighted by Gasteiger charge is 2.29. The minimum Gasteiger partial charge on any atom is -0.462 e. The molecular weight excluding hydrogens is 765 g/mol. The summed E-state index contributed by atoms with van der Waals surface area (Å²) in [5.41, 5.74) is 0. The third-order valence-corrected chi connectivity index (χ3v) is 12.3.